The predicted molar refractivity (Wildman–Crippen MR) is 60.3 cm³/mol. The van der Waals surface area contributed by atoms with Crippen molar-refractivity contribution in [1.29, 1.82) is 0 Å². The summed E-state index contributed by atoms with van der Waals surface area (Å²) in [6.45, 7) is 1.81. The van der Waals surface area contributed by atoms with Crippen molar-refractivity contribution in [3.8, 4) is 0 Å². The van der Waals surface area contributed by atoms with Gasteiger partial charge in [0.25, 0.3) is 0 Å². The number of ketones is 1. The molecule has 0 bridgehead atoms. The number of hydrogen-bond acceptors (Lipinski definition) is 5. The van der Waals surface area contributed by atoms with Crippen LogP contribution in [-0.2, 0) is 17.6 Å². The molecule has 0 aliphatic carbocycles. The number of pyridine rings is 1. The van der Waals surface area contributed by atoms with Gasteiger partial charge in [0, 0.05) is 25.2 Å². The average molecular weight is 231 g/mol. The minimum atomic E-state index is 0.0987. The number of rotatable bonds is 5. The fourth-order valence-corrected chi connectivity index (χ4v) is 1.41. The van der Waals surface area contributed by atoms with Crippen LogP contribution < -0.4 is 0 Å². The number of carbonyl (C=O) groups is 1. The summed E-state index contributed by atoms with van der Waals surface area (Å²) >= 11 is 0. The summed E-state index contributed by atoms with van der Waals surface area (Å²) in [5.74, 6) is 1.06. The molecule has 88 valence electrons. The van der Waals surface area contributed by atoms with E-state index in [1.165, 1.54) is 0 Å². The quantitative estimate of drug-likeness (QED) is 0.781. The van der Waals surface area contributed by atoms with Crippen LogP contribution in [0.15, 0.2) is 29.0 Å². The van der Waals surface area contributed by atoms with E-state index in [9.17, 15) is 4.79 Å². The highest BCUT2D eigenvalue weighted by Crippen LogP contribution is 2.06. The molecular weight excluding hydrogens is 218 g/mol. The normalized spacial score (nSPS) is 10.4. The van der Waals surface area contributed by atoms with Gasteiger partial charge in [0.1, 0.15) is 5.78 Å². The lowest BCUT2D eigenvalue weighted by molar-refractivity contribution is -0.118. The maximum Gasteiger partial charge on any atom is 0.234 e. The molecular formula is C12H13N3O2. The van der Waals surface area contributed by atoms with E-state index in [-0.39, 0.29) is 12.2 Å². The van der Waals surface area contributed by atoms with E-state index in [2.05, 4.69) is 15.1 Å². The van der Waals surface area contributed by atoms with Crippen LogP contribution in [0.1, 0.15) is 30.6 Å². The van der Waals surface area contributed by atoms with E-state index in [1.54, 1.807) is 12.4 Å². The van der Waals surface area contributed by atoms with Crippen molar-refractivity contribution in [2.45, 2.75) is 26.2 Å². The molecule has 5 heteroatoms. The molecule has 0 saturated heterocycles. The third-order valence-electron chi connectivity index (χ3n) is 2.34. The Morgan fingerprint density at radius 2 is 2.35 bits per heavy atom. The molecule has 0 radical (unpaired) electrons. The smallest absolute Gasteiger partial charge is 0.234 e. The Labute approximate surface area is 98.9 Å². The standard InChI is InChI=1S/C12H13N3O2/c1-2-10(16)7-12-14-11(15-17-12)6-9-4-3-5-13-8-9/h3-5,8H,2,6-7H2,1H3. The lowest BCUT2D eigenvalue weighted by Crippen LogP contribution is -2.00. The highest BCUT2D eigenvalue weighted by molar-refractivity contribution is 5.79. The summed E-state index contributed by atoms with van der Waals surface area (Å²) in [6.07, 6.45) is 4.74. The molecule has 0 aliphatic rings. The first-order chi connectivity index (χ1) is 8.28. The molecule has 0 fully saturated rings. The third kappa shape index (κ3) is 3.21. The number of nitrogens with zero attached hydrogens (tertiary/aromatic N) is 3. The summed E-state index contributed by atoms with van der Waals surface area (Å²) in [5.41, 5.74) is 1.02. The second kappa shape index (κ2) is 5.34. The van der Waals surface area contributed by atoms with Crippen LogP contribution in [0.4, 0.5) is 0 Å². The second-order valence-electron chi connectivity index (χ2n) is 3.71. The van der Waals surface area contributed by atoms with E-state index < -0.39 is 0 Å². The number of carbonyl (C=O) groups excluding carboxylic acids is 1. The minimum absolute atomic E-state index is 0.0987. The summed E-state index contributed by atoms with van der Waals surface area (Å²) in [5, 5.41) is 3.83. The van der Waals surface area contributed by atoms with Crippen molar-refractivity contribution in [2.75, 3.05) is 0 Å². The zero-order chi connectivity index (χ0) is 12.1. The Morgan fingerprint density at radius 3 is 3.06 bits per heavy atom. The van der Waals surface area contributed by atoms with Gasteiger partial charge in [-0.2, -0.15) is 4.98 Å². The molecule has 0 unspecified atom stereocenters. The number of aromatic nitrogens is 3. The fraction of sp³-hybridized carbons (Fsp3) is 0.333. The van der Waals surface area contributed by atoms with Crippen molar-refractivity contribution in [3.05, 3.63) is 41.8 Å². The zero-order valence-electron chi connectivity index (χ0n) is 9.59. The van der Waals surface area contributed by atoms with E-state index in [4.69, 9.17) is 4.52 Å². The Morgan fingerprint density at radius 1 is 1.47 bits per heavy atom. The number of hydrogen-bond donors (Lipinski definition) is 0. The molecule has 2 aromatic rings. The van der Waals surface area contributed by atoms with Gasteiger partial charge in [0.05, 0.1) is 6.42 Å². The van der Waals surface area contributed by atoms with Gasteiger partial charge >= 0.3 is 0 Å². The van der Waals surface area contributed by atoms with E-state index >= 15 is 0 Å². The van der Waals surface area contributed by atoms with E-state index in [0.717, 1.165) is 5.56 Å². The molecule has 0 saturated carbocycles. The zero-order valence-corrected chi connectivity index (χ0v) is 9.59. The van der Waals surface area contributed by atoms with Gasteiger partial charge in [0.15, 0.2) is 5.82 Å². The highest BCUT2D eigenvalue weighted by Gasteiger charge is 2.10. The van der Waals surface area contributed by atoms with Crippen LogP contribution in [0.25, 0.3) is 0 Å². The van der Waals surface area contributed by atoms with E-state index in [0.29, 0.717) is 24.6 Å². The first-order valence-corrected chi connectivity index (χ1v) is 5.50. The molecule has 0 aliphatic heterocycles. The first-order valence-electron chi connectivity index (χ1n) is 5.50. The molecule has 0 spiro atoms. The average Bonchev–Trinajstić information content (AvgIpc) is 2.77. The maximum absolute atomic E-state index is 11.2. The molecule has 0 atom stereocenters. The van der Waals surface area contributed by atoms with Gasteiger partial charge < -0.3 is 4.52 Å². The van der Waals surface area contributed by atoms with Crippen molar-refractivity contribution in [1.82, 2.24) is 15.1 Å². The molecule has 2 aromatic heterocycles. The molecule has 5 nitrogen and oxygen atoms in total. The van der Waals surface area contributed by atoms with Gasteiger partial charge in [-0.15, -0.1) is 0 Å². The van der Waals surface area contributed by atoms with Gasteiger partial charge in [-0.25, -0.2) is 0 Å². The highest BCUT2D eigenvalue weighted by atomic mass is 16.5. The lowest BCUT2D eigenvalue weighted by atomic mass is 10.2. The summed E-state index contributed by atoms with van der Waals surface area (Å²) < 4.78 is 5.01. The van der Waals surface area contributed by atoms with E-state index in [1.807, 2.05) is 19.1 Å². The first kappa shape index (κ1) is 11.4. The third-order valence-corrected chi connectivity index (χ3v) is 2.34. The van der Waals surface area contributed by atoms with Crippen molar-refractivity contribution in [2.24, 2.45) is 0 Å². The van der Waals surface area contributed by atoms with Crippen LogP contribution in [0.2, 0.25) is 0 Å². The topological polar surface area (TPSA) is 68.9 Å². The molecule has 2 rings (SSSR count). The second-order valence-corrected chi connectivity index (χ2v) is 3.71. The van der Waals surface area contributed by atoms with Gasteiger partial charge in [0.2, 0.25) is 5.89 Å². The van der Waals surface area contributed by atoms with Gasteiger partial charge in [-0.3, -0.25) is 9.78 Å². The Balaban J connectivity index is 2.01. The van der Waals surface area contributed by atoms with Crippen molar-refractivity contribution < 1.29 is 9.32 Å². The SMILES string of the molecule is CCC(=O)Cc1nc(Cc2cccnc2)no1. The van der Waals surface area contributed by atoms with Crippen LogP contribution in [0.5, 0.6) is 0 Å². The maximum atomic E-state index is 11.2. The molecule has 0 N–H and O–H groups in total. The van der Waals surface area contributed by atoms with Crippen LogP contribution in [0.3, 0.4) is 0 Å². The fourth-order valence-electron chi connectivity index (χ4n) is 1.41. The Kier molecular flexibility index (Phi) is 3.59. The minimum Gasteiger partial charge on any atom is -0.339 e. The molecule has 0 aromatic carbocycles. The Hall–Kier alpha value is -2.04. The predicted octanol–water partition coefficient (Wildman–Crippen LogP) is 1.58. The lowest BCUT2D eigenvalue weighted by Gasteiger charge is -1.93. The van der Waals surface area contributed by atoms with Crippen molar-refractivity contribution in [3.63, 3.8) is 0 Å². The summed E-state index contributed by atoms with van der Waals surface area (Å²) in [6, 6.07) is 3.80. The summed E-state index contributed by atoms with van der Waals surface area (Å²) in [4.78, 5) is 19.4. The largest absolute Gasteiger partial charge is 0.339 e. The molecule has 2 heterocycles. The molecule has 17 heavy (non-hydrogen) atoms. The van der Waals surface area contributed by atoms with Crippen LogP contribution >= 0.6 is 0 Å². The summed E-state index contributed by atoms with van der Waals surface area (Å²) in [7, 11) is 0. The molecule has 0 amide bonds. The Bertz CT molecular complexity index is 493. The van der Waals surface area contributed by atoms with Gasteiger partial charge in [-0.1, -0.05) is 18.1 Å². The van der Waals surface area contributed by atoms with Crippen molar-refractivity contribution >= 4 is 5.78 Å². The van der Waals surface area contributed by atoms with Gasteiger partial charge in [-0.05, 0) is 11.6 Å². The number of Topliss-reactive ketones (excluding diaryl/α,β-unsaturated/α-hetero) is 1. The van der Waals surface area contributed by atoms with Crippen LogP contribution in [0, 0.1) is 0 Å². The van der Waals surface area contributed by atoms with Crippen LogP contribution in [-0.4, -0.2) is 20.9 Å². The monoisotopic (exact) mass is 231 g/mol.